The van der Waals surface area contributed by atoms with E-state index in [2.05, 4.69) is 63.5 Å². The molecule has 0 aliphatic rings. The summed E-state index contributed by atoms with van der Waals surface area (Å²) in [4.78, 5) is 0. The molecule has 0 bridgehead atoms. The van der Waals surface area contributed by atoms with Crippen LogP contribution in [0.4, 0.5) is 0 Å². The van der Waals surface area contributed by atoms with Gasteiger partial charge in [0, 0.05) is 22.8 Å². The van der Waals surface area contributed by atoms with E-state index in [1.807, 2.05) is 12.1 Å². The predicted molar refractivity (Wildman–Crippen MR) is 72.7 cm³/mol. The summed E-state index contributed by atoms with van der Waals surface area (Å²) in [5, 5.41) is 10.5. The SMILES string of the molecule is CC(NC(C)c1ccccc1Br)c1ccn[nH]1. The van der Waals surface area contributed by atoms with Crippen molar-refractivity contribution in [2.24, 2.45) is 0 Å². The summed E-state index contributed by atoms with van der Waals surface area (Å²) in [5.74, 6) is 0. The lowest BCUT2D eigenvalue weighted by Gasteiger charge is -2.20. The highest BCUT2D eigenvalue weighted by Crippen LogP contribution is 2.24. The zero-order chi connectivity index (χ0) is 12.3. The average Bonchev–Trinajstić information content (AvgIpc) is 2.82. The molecule has 17 heavy (non-hydrogen) atoms. The van der Waals surface area contributed by atoms with E-state index in [1.54, 1.807) is 6.20 Å². The van der Waals surface area contributed by atoms with Crippen LogP contribution in [0.15, 0.2) is 41.0 Å². The van der Waals surface area contributed by atoms with Crippen LogP contribution in [0.25, 0.3) is 0 Å². The summed E-state index contributed by atoms with van der Waals surface area (Å²) in [6.07, 6.45) is 1.77. The highest BCUT2D eigenvalue weighted by atomic mass is 79.9. The largest absolute Gasteiger partial charge is 0.302 e. The molecular formula is C13H16BrN3. The normalized spacial score (nSPS) is 14.5. The van der Waals surface area contributed by atoms with Crippen molar-refractivity contribution in [3.8, 4) is 0 Å². The lowest BCUT2D eigenvalue weighted by molar-refractivity contribution is 0.484. The van der Waals surface area contributed by atoms with Crippen molar-refractivity contribution in [2.75, 3.05) is 0 Å². The number of benzene rings is 1. The Kier molecular flexibility index (Phi) is 3.97. The van der Waals surface area contributed by atoms with E-state index in [0.717, 1.165) is 10.2 Å². The maximum absolute atomic E-state index is 3.97. The lowest BCUT2D eigenvalue weighted by Crippen LogP contribution is -2.23. The molecule has 0 saturated carbocycles. The van der Waals surface area contributed by atoms with Gasteiger partial charge in [0.25, 0.3) is 0 Å². The first-order valence-corrected chi connectivity index (χ1v) is 6.47. The Balaban J connectivity index is 2.07. The van der Waals surface area contributed by atoms with Gasteiger partial charge >= 0.3 is 0 Å². The maximum atomic E-state index is 3.97. The van der Waals surface area contributed by atoms with Crippen LogP contribution in [0.2, 0.25) is 0 Å². The topological polar surface area (TPSA) is 40.7 Å². The Bertz CT molecular complexity index is 467. The van der Waals surface area contributed by atoms with Crippen LogP contribution < -0.4 is 5.32 Å². The first-order chi connectivity index (χ1) is 8.18. The first kappa shape index (κ1) is 12.3. The molecule has 0 radical (unpaired) electrons. The van der Waals surface area contributed by atoms with Gasteiger partial charge in [-0.05, 0) is 31.5 Å². The van der Waals surface area contributed by atoms with E-state index in [-0.39, 0.29) is 12.1 Å². The molecule has 4 heteroatoms. The van der Waals surface area contributed by atoms with Gasteiger partial charge in [-0.2, -0.15) is 5.10 Å². The first-order valence-electron chi connectivity index (χ1n) is 5.68. The van der Waals surface area contributed by atoms with Crippen molar-refractivity contribution in [1.82, 2.24) is 15.5 Å². The molecule has 3 nitrogen and oxygen atoms in total. The van der Waals surface area contributed by atoms with E-state index >= 15 is 0 Å². The molecule has 2 N–H and O–H groups in total. The second kappa shape index (κ2) is 5.47. The summed E-state index contributed by atoms with van der Waals surface area (Å²) >= 11 is 3.58. The van der Waals surface area contributed by atoms with Gasteiger partial charge in [-0.3, -0.25) is 5.10 Å². The smallest absolute Gasteiger partial charge is 0.0518 e. The third kappa shape index (κ3) is 2.96. The summed E-state index contributed by atoms with van der Waals surface area (Å²) in [6.45, 7) is 4.29. The Morgan fingerprint density at radius 1 is 1.18 bits per heavy atom. The Labute approximate surface area is 110 Å². The number of H-pyrrole nitrogens is 1. The van der Waals surface area contributed by atoms with Crippen molar-refractivity contribution in [2.45, 2.75) is 25.9 Å². The molecule has 0 aliphatic carbocycles. The van der Waals surface area contributed by atoms with Crippen molar-refractivity contribution in [3.05, 3.63) is 52.3 Å². The van der Waals surface area contributed by atoms with Crippen LogP contribution in [0.3, 0.4) is 0 Å². The number of halogens is 1. The predicted octanol–water partition coefficient (Wildman–Crippen LogP) is 3.58. The van der Waals surface area contributed by atoms with Gasteiger partial charge in [-0.15, -0.1) is 0 Å². The average molecular weight is 294 g/mol. The standard InChI is InChI=1S/C13H16BrN3/c1-9(11-5-3-4-6-12(11)14)16-10(2)13-7-8-15-17-13/h3-10,16H,1-2H3,(H,15,17). The highest BCUT2D eigenvalue weighted by Gasteiger charge is 2.13. The summed E-state index contributed by atoms with van der Waals surface area (Å²) < 4.78 is 1.14. The van der Waals surface area contributed by atoms with Crippen LogP contribution in [0, 0.1) is 0 Å². The van der Waals surface area contributed by atoms with Crippen molar-refractivity contribution >= 4 is 15.9 Å². The quantitative estimate of drug-likeness (QED) is 0.904. The molecule has 1 aromatic carbocycles. The van der Waals surface area contributed by atoms with E-state index in [0.29, 0.717) is 0 Å². The van der Waals surface area contributed by atoms with E-state index in [1.165, 1.54) is 5.56 Å². The number of aromatic amines is 1. The molecule has 0 saturated heterocycles. The number of hydrogen-bond acceptors (Lipinski definition) is 2. The Morgan fingerprint density at radius 2 is 1.94 bits per heavy atom. The fourth-order valence-corrected chi connectivity index (χ4v) is 2.52. The van der Waals surface area contributed by atoms with Gasteiger partial charge in [0.05, 0.1) is 5.69 Å². The molecule has 90 valence electrons. The number of aromatic nitrogens is 2. The lowest BCUT2D eigenvalue weighted by atomic mass is 10.1. The van der Waals surface area contributed by atoms with Gasteiger partial charge in [-0.1, -0.05) is 34.1 Å². The minimum atomic E-state index is 0.250. The fraction of sp³-hybridized carbons (Fsp3) is 0.308. The van der Waals surface area contributed by atoms with Gasteiger partial charge in [-0.25, -0.2) is 0 Å². The van der Waals surface area contributed by atoms with Gasteiger partial charge in [0.15, 0.2) is 0 Å². The van der Waals surface area contributed by atoms with Crippen LogP contribution in [-0.4, -0.2) is 10.2 Å². The molecule has 0 spiro atoms. The van der Waals surface area contributed by atoms with Crippen LogP contribution in [0.5, 0.6) is 0 Å². The molecule has 0 aliphatic heterocycles. The summed E-state index contributed by atoms with van der Waals surface area (Å²) in [6, 6.07) is 10.8. The summed E-state index contributed by atoms with van der Waals surface area (Å²) in [7, 11) is 0. The fourth-order valence-electron chi connectivity index (χ4n) is 1.89. The molecule has 1 heterocycles. The second-order valence-corrected chi connectivity index (χ2v) is 5.00. The monoisotopic (exact) mass is 293 g/mol. The number of rotatable bonds is 4. The number of nitrogens with one attached hydrogen (secondary N) is 2. The third-order valence-corrected chi connectivity index (χ3v) is 3.58. The molecule has 0 fully saturated rings. The zero-order valence-corrected chi connectivity index (χ0v) is 11.5. The van der Waals surface area contributed by atoms with Crippen molar-refractivity contribution in [3.63, 3.8) is 0 Å². The van der Waals surface area contributed by atoms with Crippen molar-refractivity contribution < 1.29 is 0 Å². The number of nitrogens with zero attached hydrogens (tertiary/aromatic N) is 1. The minimum Gasteiger partial charge on any atom is -0.302 e. The molecule has 2 rings (SSSR count). The van der Waals surface area contributed by atoms with Gasteiger partial charge < -0.3 is 5.32 Å². The van der Waals surface area contributed by atoms with Gasteiger partial charge in [0.2, 0.25) is 0 Å². The Morgan fingerprint density at radius 3 is 2.59 bits per heavy atom. The molecule has 0 amide bonds. The summed E-state index contributed by atoms with van der Waals surface area (Å²) in [5.41, 5.74) is 2.36. The number of hydrogen-bond donors (Lipinski definition) is 2. The highest BCUT2D eigenvalue weighted by molar-refractivity contribution is 9.10. The molecular weight excluding hydrogens is 278 g/mol. The zero-order valence-electron chi connectivity index (χ0n) is 9.94. The Hall–Kier alpha value is -1.13. The molecule has 2 unspecified atom stereocenters. The molecule has 2 atom stereocenters. The van der Waals surface area contributed by atoms with Gasteiger partial charge in [0.1, 0.15) is 0 Å². The minimum absolute atomic E-state index is 0.250. The second-order valence-electron chi connectivity index (χ2n) is 4.14. The van der Waals surface area contributed by atoms with Crippen molar-refractivity contribution in [1.29, 1.82) is 0 Å². The maximum Gasteiger partial charge on any atom is 0.0518 e. The van der Waals surface area contributed by atoms with Crippen LogP contribution in [0.1, 0.15) is 37.2 Å². The van der Waals surface area contributed by atoms with E-state index < -0.39 is 0 Å². The van der Waals surface area contributed by atoms with Crippen LogP contribution in [-0.2, 0) is 0 Å². The molecule has 2 aromatic rings. The third-order valence-electron chi connectivity index (χ3n) is 2.86. The molecule has 1 aromatic heterocycles. The van der Waals surface area contributed by atoms with E-state index in [4.69, 9.17) is 0 Å². The van der Waals surface area contributed by atoms with E-state index in [9.17, 15) is 0 Å². The van der Waals surface area contributed by atoms with Crippen LogP contribution >= 0.6 is 15.9 Å².